The molecule has 1 atom stereocenters. The topological polar surface area (TPSA) is 157 Å². The molecule has 0 bridgehead atoms. The van der Waals surface area contributed by atoms with Gasteiger partial charge in [-0.2, -0.15) is 0 Å². The summed E-state index contributed by atoms with van der Waals surface area (Å²) in [7, 11) is 0. The molecule has 34 heavy (non-hydrogen) atoms. The number of thiophene rings is 1. The second kappa shape index (κ2) is 11.0. The first kappa shape index (κ1) is 25.7. The Hall–Kier alpha value is -2.92. The third kappa shape index (κ3) is 5.25. The highest BCUT2D eigenvalue weighted by atomic mass is 32.1. The number of hydrogen-bond acceptors (Lipinski definition) is 7. The summed E-state index contributed by atoms with van der Waals surface area (Å²) in [5.41, 5.74) is 6.83. The number of carboxylic acid groups (broad SMARTS) is 1. The van der Waals surface area contributed by atoms with Crippen molar-refractivity contribution in [2.75, 3.05) is 13.1 Å². The lowest BCUT2D eigenvalue weighted by molar-refractivity contribution is -0.143. The normalized spacial score (nSPS) is 18.9. The number of nitrogens with one attached hydrogen (secondary N) is 1. The van der Waals surface area contributed by atoms with Gasteiger partial charge in [-0.3, -0.25) is 24.7 Å². The minimum Gasteiger partial charge on any atom is -0.477 e. The fourth-order valence-corrected chi connectivity index (χ4v) is 5.85. The van der Waals surface area contributed by atoms with Crippen LogP contribution < -0.4 is 5.73 Å². The summed E-state index contributed by atoms with van der Waals surface area (Å²) in [6.07, 6.45) is 6.11. The van der Waals surface area contributed by atoms with Crippen LogP contribution in [0, 0.1) is 19.3 Å². The second-order valence-electron chi connectivity index (χ2n) is 8.71. The van der Waals surface area contributed by atoms with Gasteiger partial charge in [0.2, 0.25) is 5.91 Å². The molecule has 3 rings (SSSR count). The van der Waals surface area contributed by atoms with Crippen LogP contribution in [0.1, 0.15) is 70.6 Å². The van der Waals surface area contributed by atoms with Crippen molar-refractivity contribution in [1.82, 2.24) is 9.80 Å². The van der Waals surface area contributed by atoms with Gasteiger partial charge in [0, 0.05) is 12.6 Å². The average molecular weight is 490 g/mol. The molecule has 1 saturated carbocycles. The number of amides is 3. The molecule has 3 amide bonds. The van der Waals surface area contributed by atoms with Gasteiger partial charge >= 0.3 is 5.97 Å². The maximum atomic E-state index is 13.8. The van der Waals surface area contributed by atoms with E-state index in [0.717, 1.165) is 30.6 Å². The minimum absolute atomic E-state index is 0.188. The third-order valence-electron chi connectivity index (χ3n) is 6.59. The SMILES string of the molecule is Cc1c(C(=N)N=CC(=O)O)sc(C(=O)N(C(=O)[C@@H]2CCCN2C(=O)CN)C2CCCCC2)c1C. The Bertz CT molecular complexity index is 1030. The van der Waals surface area contributed by atoms with Gasteiger partial charge in [-0.1, -0.05) is 19.3 Å². The summed E-state index contributed by atoms with van der Waals surface area (Å²) in [6.45, 7) is 3.75. The Kier molecular flexibility index (Phi) is 8.32. The molecule has 10 nitrogen and oxygen atoms in total. The van der Waals surface area contributed by atoms with Crippen LogP contribution in [0.5, 0.6) is 0 Å². The highest BCUT2D eigenvalue weighted by Crippen LogP contribution is 2.33. The van der Waals surface area contributed by atoms with Gasteiger partial charge in [0.25, 0.3) is 11.8 Å². The Morgan fingerprint density at radius 1 is 1.12 bits per heavy atom. The Labute approximate surface area is 202 Å². The zero-order chi connectivity index (χ0) is 25.0. The van der Waals surface area contributed by atoms with Crippen molar-refractivity contribution in [3.63, 3.8) is 0 Å². The summed E-state index contributed by atoms with van der Waals surface area (Å²) in [5.74, 6) is -2.63. The third-order valence-corrected chi connectivity index (χ3v) is 7.98. The van der Waals surface area contributed by atoms with Gasteiger partial charge in [0.15, 0.2) is 5.84 Å². The van der Waals surface area contributed by atoms with Crippen molar-refractivity contribution in [3.8, 4) is 0 Å². The highest BCUT2D eigenvalue weighted by molar-refractivity contribution is 7.16. The Morgan fingerprint density at radius 3 is 2.38 bits per heavy atom. The van der Waals surface area contributed by atoms with Crippen molar-refractivity contribution in [2.24, 2.45) is 10.7 Å². The van der Waals surface area contributed by atoms with Crippen molar-refractivity contribution >= 4 is 47.1 Å². The summed E-state index contributed by atoms with van der Waals surface area (Å²) in [6, 6.07) is -0.958. The first-order chi connectivity index (χ1) is 16.2. The van der Waals surface area contributed by atoms with Gasteiger partial charge in [-0.15, -0.1) is 11.3 Å². The molecule has 4 N–H and O–H groups in total. The molecule has 0 unspecified atom stereocenters. The van der Waals surface area contributed by atoms with E-state index in [4.69, 9.17) is 16.2 Å². The fraction of sp³-hybridized carbons (Fsp3) is 0.565. The quantitative estimate of drug-likeness (QED) is 0.315. The lowest BCUT2D eigenvalue weighted by atomic mass is 9.93. The number of carbonyl (C=O) groups is 4. The molecule has 184 valence electrons. The molecule has 2 heterocycles. The number of nitrogens with zero attached hydrogens (tertiary/aromatic N) is 3. The molecule has 1 aliphatic carbocycles. The number of aliphatic carboxylic acids is 1. The van der Waals surface area contributed by atoms with Crippen molar-refractivity contribution in [2.45, 2.75) is 70.9 Å². The van der Waals surface area contributed by atoms with E-state index in [1.54, 1.807) is 13.8 Å². The average Bonchev–Trinajstić information content (AvgIpc) is 3.43. The highest BCUT2D eigenvalue weighted by Gasteiger charge is 2.42. The predicted molar refractivity (Wildman–Crippen MR) is 129 cm³/mol. The van der Waals surface area contributed by atoms with Crippen LogP contribution in [0.2, 0.25) is 0 Å². The maximum Gasteiger partial charge on any atom is 0.347 e. The standard InChI is InChI=1S/C23H31N5O5S/c1-13-14(2)20(34-19(13)21(25)26-12-18(30)31)23(33)28(15-7-4-3-5-8-15)22(32)16-9-6-10-27(16)17(29)11-24/h12,15-16,25H,3-11,24H2,1-2H3,(H,30,31)/t16-/m0/s1. The van der Waals surface area contributed by atoms with Gasteiger partial charge in [0.1, 0.15) is 12.3 Å². The monoisotopic (exact) mass is 489 g/mol. The number of aliphatic imine (C=N–C) groups is 1. The largest absolute Gasteiger partial charge is 0.477 e. The van der Waals surface area contributed by atoms with Gasteiger partial charge < -0.3 is 15.7 Å². The van der Waals surface area contributed by atoms with Crippen molar-refractivity contribution in [3.05, 3.63) is 20.9 Å². The number of nitrogens with two attached hydrogens (primary N) is 1. The van der Waals surface area contributed by atoms with Crippen LogP contribution in [0.4, 0.5) is 0 Å². The van der Waals surface area contributed by atoms with Crippen LogP contribution in [0.3, 0.4) is 0 Å². The molecule has 0 radical (unpaired) electrons. The molecule has 2 fully saturated rings. The van der Waals surface area contributed by atoms with Crippen molar-refractivity contribution < 1.29 is 24.3 Å². The Balaban J connectivity index is 1.97. The van der Waals surface area contributed by atoms with Crippen LogP contribution in [0.25, 0.3) is 0 Å². The second-order valence-corrected chi connectivity index (χ2v) is 9.73. The van der Waals surface area contributed by atoms with Crippen LogP contribution in [-0.2, 0) is 14.4 Å². The smallest absolute Gasteiger partial charge is 0.347 e. The Morgan fingerprint density at radius 2 is 1.76 bits per heavy atom. The summed E-state index contributed by atoms with van der Waals surface area (Å²) < 4.78 is 0. The molecule has 1 aliphatic heterocycles. The van der Waals surface area contributed by atoms with Gasteiger partial charge in [-0.05, 0) is 50.7 Å². The first-order valence-electron chi connectivity index (χ1n) is 11.5. The summed E-state index contributed by atoms with van der Waals surface area (Å²) in [5, 5.41) is 16.9. The lowest BCUT2D eigenvalue weighted by Crippen LogP contribution is -2.54. The van der Waals surface area contributed by atoms with Crippen molar-refractivity contribution in [1.29, 1.82) is 5.41 Å². The molecule has 1 aromatic heterocycles. The van der Waals surface area contributed by atoms with Crippen LogP contribution in [0.15, 0.2) is 4.99 Å². The molecular formula is C23H31N5O5S. The molecule has 1 saturated heterocycles. The maximum absolute atomic E-state index is 13.8. The molecular weight excluding hydrogens is 458 g/mol. The van der Waals surface area contributed by atoms with E-state index in [-0.39, 0.29) is 30.2 Å². The molecule has 1 aromatic rings. The number of rotatable bonds is 6. The first-order valence-corrected chi connectivity index (χ1v) is 12.3. The number of amidine groups is 1. The lowest BCUT2D eigenvalue weighted by Gasteiger charge is -2.36. The van der Waals surface area contributed by atoms with E-state index in [0.29, 0.717) is 59.3 Å². The number of likely N-dealkylation sites (tertiary alicyclic amines) is 1. The van der Waals surface area contributed by atoms with Crippen LogP contribution >= 0.6 is 11.3 Å². The fourth-order valence-electron chi connectivity index (χ4n) is 4.70. The van der Waals surface area contributed by atoms with E-state index >= 15 is 0 Å². The zero-order valence-electron chi connectivity index (χ0n) is 19.5. The van der Waals surface area contributed by atoms with E-state index in [1.165, 1.54) is 9.80 Å². The minimum atomic E-state index is -1.27. The number of carboxylic acids is 1. The zero-order valence-corrected chi connectivity index (χ0v) is 20.3. The van der Waals surface area contributed by atoms with Crippen LogP contribution in [-0.4, -0.2) is 75.8 Å². The molecule has 2 aliphatic rings. The van der Waals surface area contributed by atoms with E-state index in [1.807, 2.05) is 0 Å². The van der Waals surface area contributed by atoms with E-state index < -0.39 is 17.9 Å². The summed E-state index contributed by atoms with van der Waals surface area (Å²) >= 11 is 1.04. The number of carbonyl (C=O) groups excluding carboxylic acids is 3. The molecule has 0 aromatic carbocycles. The van der Waals surface area contributed by atoms with Gasteiger partial charge in [0.05, 0.1) is 16.3 Å². The van der Waals surface area contributed by atoms with E-state index in [9.17, 15) is 19.2 Å². The summed E-state index contributed by atoms with van der Waals surface area (Å²) in [4.78, 5) is 57.9. The number of imide groups is 1. The molecule has 0 spiro atoms. The van der Waals surface area contributed by atoms with E-state index in [2.05, 4.69) is 4.99 Å². The predicted octanol–water partition coefficient (Wildman–Crippen LogP) is 2.10. The van der Waals surface area contributed by atoms with Gasteiger partial charge in [-0.25, -0.2) is 9.79 Å². The molecule has 11 heteroatoms. The number of hydrogen-bond donors (Lipinski definition) is 3.